The van der Waals surface area contributed by atoms with Crippen molar-refractivity contribution >= 4 is 0 Å². The molecule has 0 aromatic rings. The molecule has 0 saturated carbocycles. The molecule has 0 aromatic heterocycles. The van der Waals surface area contributed by atoms with Gasteiger partial charge in [0.2, 0.25) is 0 Å². The molecule has 0 aromatic carbocycles. The molecule has 0 aliphatic carbocycles. The van der Waals surface area contributed by atoms with Gasteiger partial charge in [0.25, 0.3) is 0 Å². The fraction of sp³-hybridized carbons (Fsp3) is 0.667. The minimum atomic E-state index is 0.730. The molecule has 0 radical (unpaired) electrons. The highest BCUT2D eigenvalue weighted by atomic mass is 16.5. The summed E-state index contributed by atoms with van der Waals surface area (Å²) in [6.45, 7) is 3.09. The second kappa shape index (κ2) is 2.01. The maximum Gasteiger partial charge on any atom is 0.0878 e. The Kier molecular flexibility index (Phi) is 1.35. The summed E-state index contributed by atoms with van der Waals surface area (Å²) < 4.78 is 4.96. The molecule has 0 amide bonds. The summed E-state index contributed by atoms with van der Waals surface area (Å²) in [5.41, 5.74) is 0. The highest BCUT2D eigenvalue weighted by Gasteiger charge is 1.99. The van der Waals surface area contributed by atoms with Crippen LogP contribution in [-0.4, -0.2) is 6.61 Å². The number of hydrogen-bond acceptors (Lipinski definition) is 1. The SMILES string of the molecule is C[C@@H]1C=COCC1. The summed E-state index contributed by atoms with van der Waals surface area (Å²) >= 11 is 0. The minimum absolute atomic E-state index is 0.730. The smallest absolute Gasteiger partial charge is 0.0878 e. The third-order valence-corrected chi connectivity index (χ3v) is 1.19. The van der Waals surface area contributed by atoms with E-state index in [1.165, 1.54) is 6.42 Å². The van der Waals surface area contributed by atoms with E-state index >= 15 is 0 Å². The molecule has 0 bridgehead atoms. The summed E-state index contributed by atoms with van der Waals surface area (Å²) in [6.07, 6.45) is 5.05. The maximum atomic E-state index is 4.96. The van der Waals surface area contributed by atoms with Gasteiger partial charge in [-0.2, -0.15) is 0 Å². The molecule has 1 nitrogen and oxygen atoms in total. The summed E-state index contributed by atoms with van der Waals surface area (Å²) in [5, 5.41) is 0. The molecule has 1 aliphatic heterocycles. The van der Waals surface area contributed by atoms with Crippen LogP contribution in [0.3, 0.4) is 0 Å². The lowest BCUT2D eigenvalue weighted by atomic mass is 10.1. The van der Waals surface area contributed by atoms with Gasteiger partial charge in [0.05, 0.1) is 12.9 Å². The third-order valence-electron chi connectivity index (χ3n) is 1.19. The topological polar surface area (TPSA) is 9.23 Å². The third kappa shape index (κ3) is 1.22. The van der Waals surface area contributed by atoms with Crippen molar-refractivity contribution in [3.63, 3.8) is 0 Å². The maximum absolute atomic E-state index is 4.96. The van der Waals surface area contributed by atoms with Crippen molar-refractivity contribution in [2.45, 2.75) is 13.3 Å². The highest BCUT2D eigenvalue weighted by Crippen LogP contribution is 2.08. The Bertz CT molecular complexity index is 76.2. The first-order valence-electron chi connectivity index (χ1n) is 2.68. The molecule has 1 rings (SSSR count). The van der Waals surface area contributed by atoms with Gasteiger partial charge in [-0.3, -0.25) is 0 Å². The molecule has 0 saturated heterocycles. The molecule has 1 atom stereocenters. The van der Waals surface area contributed by atoms with Crippen molar-refractivity contribution in [2.24, 2.45) is 5.92 Å². The van der Waals surface area contributed by atoms with Crippen molar-refractivity contribution in [2.75, 3.05) is 6.61 Å². The standard InChI is InChI=1S/C6H10O/c1-6-2-4-7-5-3-6/h2,4,6H,3,5H2,1H3/t6-/m1/s1. The van der Waals surface area contributed by atoms with Gasteiger partial charge in [0.1, 0.15) is 0 Å². The van der Waals surface area contributed by atoms with Crippen LogP contribution in [0, 0.1) is 5.92 Å². The zero-order valence-corrected chi connectivity index (χ0v) is 4.55. The van der Waals surface area contributed by atoms with Crippen LogP contribution in [0.5, 0.6) is 0 Å². The molecule has 0 unspecified atom stereocenters. The van der Waals surface area contributed by atoms with Crippen LogP contribution >= 0.6 is 0 Å². The monoisotopic (exact) mass is 98.1 g/mol. The lowest BCUT2D eigenvalue weighted by Crippen LogP contribution is -2.01. The molecule has 0 N–H and O–H groups in total. The molecular formula is C6H10O. The van der Waals surface area contributed by atoms with Crippen molar-refractivity contribution in [1.29, 1.82) is 0 Å². The summed E-state index contributed by atoms with van der Waals surface area (Å²) in [6, 6.07) is 0. The average Bonchev–Trinajstić information content (AvgIpc) is 1.69. The fourth-order valence-electron chi connectivity index (χ4n) is 0.608. The highest BCUT2D eigenvalue weighted by molar-refractivity contribution is 4.83. The van der Waals surface area contributed by atoms with Crippen LogP contribution in [0.25, 0.3) is 0 Å². The quantitative estimate of drug-likeness (QED) is 0.446. The first-order valence-corrected chi connectivity index (χ1v) is 2.68. The molecule has 0 spiro atoms. The van der Waals surface area contributed by atoms with Gasteiger partial charge < -0.3 is 4.74 Å². The lowest BCUT2D eigenvalue weighted by molar-refractivity contribution is 0.212. The summed E-state index contributed by atoms with van der Waals surface area (Å²) in [4.78, 5) is 0. The van der Waals surface area contributed by atoms with E-state index in [4.69, 9.17) is 4.74 Å². The molecule has 40 valence electrons. The second-order valence-electron chi connectivity index (χ2n) is 1.97. The predicted molar refractivity (Wildman–Crippen MR) is 28.9 cm³/mol. The van der Waals surface area contributed by atoms with Crippen LogP contribution in [-0.2, 0) is 4.74 Å². The van der Waals surface area contributed by atoms with Gasteiger partial charge >= 0.3 is 0 Å². The van der Waals surface area contributed by atoms with E-state index < -0.39 is 0 Å². The van der Waals surface area contributed by atoms with Crippen LogP contribution in [0.15, 0.2) is 12.3 Å². The van der Waals surface area contributed by atoms with Crippen molar-refractivity contribution < 1.29 is 4.74 Å². The van der Waals surface area contributed by atoms with Crippen LogP contribution in [0.2, 0.25) is 0 Å². The van der Waals surface area contributed by atoms with Gasteiger partial charge in [0.15, 0.2) is 0 Å². The number of ether oxygens (including phenoxy) is 1. The minimum Gasteiger partial charge on any atom is -0.502 e. The van der Waals surface area contributed by atoms with Gasteiger partial charge in [-0.25, -0.2) is 0 Å². The van der Waals surface area contributed by atoms with E-state index in [0.717, 1.165) is 12.5 Å². The largest absolute Gasteiger partial charge is 0.502 e. The van der Waals surface area contributed by atoms with Crippen molar-refractivity contribution in [3.05, 3.63) is 12.3 Å². The Labute approximate surface area is 44.0 Å². The normalized spacial score (nSPS) is 29.6. The summed E-state index contributed by atoms with van der Waals surface area (Å²) in [5.74, 6) is 0.730. The van der Waals surface area contributed by atoms with Crippen molar-refractivity contribution in [3.8, 4) is 0 Å². The Morgan fingerprint density at radius 2 is 2.57 bits per heavy atom. The Morgan fingerprint density at radius 1 is 1.71 bits per heavy atom. The zero-order chi connectivity index (χ0) is 5.11. The number of rotatable bonds is 0. The molecule has 1 heteroatoms. The van der Waals surface area contributed by atoms with Crippen LogP contribution in [0.1, 0.15) is 13.3 Å². The first-order chi connectivity index (χ1) is 3.39. The molecule has 0 fully saturated rings. The number of allylic oxidation sites excluding steroid dienone is 1. The van der Waals surface area contributed by atoms with Gasteiger partial charge in [0, 0.05) is 0 Å². The van der Waals surface area contributed by atoms with E-state index in [2.05, 4.69) is 13.0 Å². The molecular weight excluding hydrogens is 88.1 g/mol. The molecule has 1 heterocycles. The van der Waals surface area contributed by atoms with E-state index in [1.54, 1.807) is 6.26 Å². The fourth-order valence-corrected chi connectivity index (χ4v) is 0.608. The Hall–Kier alpha value is -0.460. The molecule has 1 aliphatic rings. The van der Waals surface area contributed by atoms with E-state index in [-0.39, 0.29) is 0 Å². The van der Waals surface area contributed by atoms with E-state index in [9.17, 15) is 0 Å². The van der Waals surface area contributed by atoms with Crippen LogP contribution < -0.4 is 0 Å². The van der Waals surface area contributed by atoms with Crippen LogP contribution in [0.4, 0.5) is 0 Å². The predicted octanol–water partition coefficient (Wildman–Crippen LogP) is 1.56. The van der Waals surface area contributed by atoms with E-state index in [0.29, 0.717) is 0 Å². The lowest BCUT2D eigenvalue weighted by Gasteiger charge is -2.10. The van der Waals surface area contributed by atoms with Gasteiger partial charge in [-0.05, 0) is 18.4 Å². The Balaban J connectivity index is 2.36. The Morgan fingerprint density at radius 3 is 2.86 bits per heavy atom. The van der Waals surface area contributed by atoms with E-state index in [1.807, 2.05) is 0 Å². The molecule has 7 heavy (non-hydrogen) atoms. The van der Waals surface area contributed by atoms with Crippen molar-refractivity contribution in [1.82, 2.24) is 0 Å². The zero-order valence-electron chi connectivity index (χ0n) is 4.55. The van der Waals surface area contributed by atoms with Gasteiger partial charge in [-0.15, -0.1) is 0 Å². The first kappa shape index (κ1) is 4.69. The summed E-state index contributed by atoms with van der Waals surface area (Å²) in [7, 11) is 0. The second-order valence-corrected chi connectivity index (χ2v) is 1.97. The van der Waals surface area contributed by atoms with Gasteiger partial charge in [-0.1, -0.05) is 6.92 Å². The number of hydrogen-bond donors (Lipinski definition) is 0. The average molecular weight is 98.1 g/mol.